The van der Waals surface area contributed by atoms with Crippen LogP contribution in [0, 0.1) is 22.7 Å². The Morgan fingerprint density at radius 1 is 1.07 bits per heavy atom. The van der Waals surface area contributed by atoms with Crippen LogP contribution in [-0.4, -0.2) is 37.4 Å². The summed E-state index contributed by atoms with van der Waals surface area (Å²) < 4.78 is 5.16. The highest BCUT2D eigenvalue weighted by atomic mass is 16.5. The number of nitrogens with one attached hydrogen (secondary N) is 1. The Morgan fingerprint density at radius 2 is 1.71 bits per heavy atom. The van der Waals surface area contributed by atoms with Crippen LogP contribution in [0.15, 0.2) is 54.1 Å². The Morgan fingerprint density at radius 3 is 2.25 bits per heavy atom. The van der Waals surface area contributed by atoms with E-state index in [0.29, 0.717) is 22.6 Å². The number of amides is 2. The fourth-order valence-corrected chi connectivity index (χ4v) is 2.24. The molecule has 0 bridgehead atoms. The van der Waals surface area contributed by atoms with Crippen LogP contribution in [0.5, 0.6) is 5.75 Å². The van der Waals surface area contributed by atoms with E-state index < -0.39 is 5.91 Å². The zero-order valence-electron chi connectivity index (χ0n) is 15.5. The van der Waals surface area contributed by atoms with Gasteiger partial charge in [0.05, 0.1) is 0 Å². The van der Waals surface area contributed by atoms with Crippen molar-refractivity contribution in [1.29, 1.82) is 10.5 Å². The fraction of sp³-hybridized carbons (Fsp3) is 0.143. The van der Waals surface area contributed by atoms with Gasteiger partial charge in [0.2, 0.25) is 0 Å². The second-order valence-electron chi connectivity index (χ2n) is 5.92. The van der Waals surface area contributed by atoms with Gasteiger partial charge in [-0.25, -0.2) is 0 Å². The third-order valence-electron chi connectivity index (χ3n) is 3.66. The van der Waals surface area contributed by atoms with E-state index in [1.54, 1.807) is 62.6 Å². The number of carbonyl (C=O) groups excluding carboxylic acids is 2. The van der Waals surface area contributed by atoms with E-state index in [1.165, 1.54) is 11.0 Å². The molecule has 0 aliphatic carbocycles. The van der Waals surface area contributed by atoms with Gasteiger partial charge in [-0.15, -0.1) is 0 Å². The summed E-state index contributed by atoms with van der Waals surface area (Å²) in [4.78, 5) is 25.7. The molecule has 0 aliphatic heterocycles. The first-order valence-electron chi connectivity index (χ1n) is 8.29. The number of benzene rings is 2. The highest BCUT2D eigenvalue weighted by Gasteiger charge is 2.11. The largest absolute Gasteiger partial charge is 0.479 e. The molecule has 0 saturated heterocycles. The molecule has 0 spiro atoms. The number of ether oxygens (including phenoxy) is 1. The molecule has 28 heavy (non-hydrogen) atoms. The lowest BCUT2D eigenvalue weighted by molar-refractivity contribution is -0.112. The summed E-state index contributed by atoms with van der Waals surface area (Å²) in [5, 5.41) is 20.4. The van der Waals surface area contributed by atoms with Gasteiger partial charge in [0.15, 0.2) is 6.61 Å². The first-order valence-corrected chi connectivity index (χ1v) is 8.29. The van der Waals surface area contributed by atoms with Crippen LogP contribution in [0.1, 0.15) is 15.9 Å². The summed E-state index contributed by atoms with van der Waals surface area (Å²) in [6, 6.07) is 16.8. The monoisotopic (exact) mass is 374 g/mol. The topological polar surface area (TPSA) is 106 Å². The van der Waals surface area contributed by atoms with Crippen molar-refractivity contribution >= 4 is 23.6 Å². The van der Waals surface area contributed by atoms with Gasteiger partial charge in [-0.2, -0.15) is 10.5 Å². The van der Waals surface area contributed by atoms with Gasteiger partial charge in [-0.3, -0.25) is 9.59 Å². The third-order valence-corrected chi connectivity index (χ3v) is 3.66. The van der Waals surface area contributed by atoms with E-state index in [1.807, 2.05) is 12.1 Å². The maximum Gasteiger partial charge on any atom is 0.266 e. The second kappa shape index (κ2) is 9.56. The second-order valence-corrected chi connectivity index (χ2v) is 5.92. The highest BCUT2D eigenvalue weighted by molar-refractivity contribution is 6.09. The normalized spacial score (nSPS) is 10.4. The number of carbonyl (C=O) groups is 2. The maximum atomic E-state index is 12.3. The van der Waals surface area contributed by atoms with Gasteiger partial charge in [-0.05, 0) is 48.0 Å². The minimum atomic E-state index is -0.556. The van der Waals surface area contributed by atoms with Crippen LogP contribution in [0.4, 0.5) is 5.69 Å². The molecular weight excluding hydrogens is 356 g/mol. The number of anilines is 1. The van der Waals surface area contributed by atoms with Gasteiger partial charge in [0, 0.05) is 25.3 Å². The molecule has 7 nitrogen and oxygen atoms in total. The Kier molecular flexibility index (Phi) is 6.90. The Balaban J connectivity index is 2.09. The van der Waals surface area contributed by atoms with E-state index >= 15 is 0 Å². The Hall–Kier alpha value is -4.10. The predicted octanol–water partition coefficient (Wildman–Crippen LogP) is 2.84. The zero-order chi connectivity index (χ0) is 20.5. The first-order chi connectivity index (χ1) is 13.4. The van der Waals surface area contributed by atoms with E-state index in [0.717, 1.165) is 0 Å². The van der Waals surface area contributed by atoms with Crippen molar-refractivity contribution in [1.82, 2.24) is 4.90 Å². The Bertz CT molecular complexity index is 963. The van der Waals surface area contributed by atoms with Crippen molar-refractivity contribution in [3.8, 4) is 17.9 Å². The highest BCUT2D eigenvalue weighted by Crippen LogP contribution is 2.16. The SMILES string of the molecule is CN(C)C(=O)c1ccc(NC(=O)/C(C#N)=C/c2ccc(OCC#N)cc2)cc1. The van der Waals surface area contributed by atoms with Crippen LogP contribution in [0.25, 0.3) is 6.08 Å². The average Bonchev–Trinajstić information content (AvgIpc) is 2.71. The summed E-state index contributed by atoms with van der Waals surface area (Å²) >= 11 is 0. The molecule has 2 aromatic carbocycles. The van der Waals surface area contributed by atoms with Crippen LogP contribution >= 0.6 is 0 Å². The van der Waals surface area contributed by atoms with E-state index in [4.69, 9.17) is 10.00 Å². The molecule has 0 unspecified atom stereocenters. The van der Waals surface area contributed by atoms with Gasteiger partial charge in [0.1, 0.15) is 23.5 Å². The van der Waals surface area contributed by atoms with Crippen molar-refractivity contribution in [3.63, 3.8) is 0 Å². The van der Waals surface area contributed by atoms with Crippen molar-refractivity contribution in [2.75, 3.05) is 26.0 Å². The minimum Gasteiger partial charge on any atom is -0.479 e. The molecule has 0 radical (unpaired) electrons. The summed E-state index contributed by atoms with van der Waals surface area (Å²) in [6.45, 7) is -0.0556. The van der Waals surface area contributed by atoms with Crippen molar-refractivity contribution < 1.29 is 14.3 Å². The molecule has 7 heteroatoms. The summed E-state index contributed by atoms with van der Waals surface area (Å²) in [6.07, 6.45) is 1.45. The van der Waals surface area contributed by atoms with Gasteiger partial charge in [0.25, 0.3) is 11.8 Å². The summed E-state index contributed by atoms with van der Waals surface area (Å²) in [5.74, 6) is -0.175. The van der Waals surface area contributed by atoms with E-state index in [2.05, 4.69) is 5.32 Å². The number of hydrogen-bond donors (Lipinski definition) is 1. The first kappa shape index (κ1) is 20.2. The van der Waals surface area contributed by atoms with Crippen LogP contribution in [-0.2, 0) is 4.79 Å². The summed E-state index contributed by atoms with van der Waals surface area (Å²) in [7, 11) is 3.31. The van der Waals surface area contributed by atoms with Gasteiger partial charge >= 0.3 is 0 Å². The average molecular weight is 374 g/mol. The molecule has 1 N–H and O–H groups in total. The van der Waals surface area contributed by atoms with Crippen LogP contribution in [0.3, 0.4) is 0 Å². The smallest absolute Gasteiger partial charge is 0.266 e. The van der Waals surface area contributed by atoms with Crippen molar-refractivity contribution in [3.05, 3.63) is 65.2 Å². The van der Waals surface area contributed by atoms with Crippen molar-refractivity contribution in [2.24, 2.45) is 0 Å². The molecule has 140 valence electrons. The standard InChI is InChI=1S/C21H18N4O3/c1-25(2)21(27)16-5-7-18(8-6-16)24-20(26)17(14-23)13-15-3-9-19(10-4-15)28-12-11-22/h3-10,13H,12H2,1-2H3,(H,24,26)/b17-13+. The molecule has 2 rings (SSSR count). The molecule has 2 aromatic rings. The number of hydrogen-bond acceptors (Lipinski definition) is 5. The van der Waals surface area contributed by atoms with Gasteiger partial charge in [-0.1, -0.05) is 12.1 Å². The number of nitrogens with zero attached hydrogens (tertiary/aromatic N) is 3. The molecule has 0 saturated carbocycles. The predicted molar refractivity (Wildman–Crippen MR) is 104 cm³/mol. The van der Waals surface area contributed by atoms with Gasteiger partial charge < -0.3 is 15.0 Å². The van der Waals surface area contributed by atoms with Crippen molar-refractivity contribution in [2.45, 2.75) is 0 Å². The molecule has 0 heterocycles. The Labute approximate surface area is 163 Å². The lowest BCUT2D eigenvalue weighted by Gasteiger charge is -2.11. The quantitative estimate of drug-likeness (QED) is 0.618. The van der Waals surface area contributed by atoms with E-state index in [9.17, 15) is 14.9 Å². The zero-order valence-corrected chi connectivity index (χ0v) is 15.5. The molecule has 0 atom stereocenters. The molecule has 0 aliphatic rings. The molecular formula is C21H18N4O3. The minimum absolute atomic E-state index is 0.0556. The summed E-state index contributed by atoms with van der Waals surface area (Å²) in [5.41, 5.74) is 1.54. The number of rotatable bonds is 6. The van der Waals surface area contributed by atoms with Crippen LogP contribution < -0.4 is 10.1 Å². The van der Waals surface area contributed by atoms with Crippen LogP contribution in [0.2, 0.25) is 0 Å². The number of nitriles is 2. The third kappa shape index (κ3) is 5.45. The molecule has 2 amide bonds. The lowest BCUT2D eigenvalue weighted by atomic mass is 10.1. The maximum absolute atomic E-state index is 12.3. The molecule has 0 fully saturated rings. The van der Waals surface area contributed by atoms with E-state index in [-0.39, 0.29) is 18.1 Å². The fourth-order valence-electron chi connectivity index (χ4n) is 2.24. The molecule has 0 aromatic heterocycles. The lowest BCUT2D eigenvalue weighted by Crippen LogP contribution is -2.21.